The lowest BCUT2D eigenvalue weighted by molar-refractivity contribution is -0.131. The first kappa shape index (κ1) is 12.9. The van der Waals surface area contributed by atoms with Gasteiger partial charge in [0.2, 0.25) is 5.91 Å². The summed E-state index contributed by atoms with van der Waals surface area (Å²) in [5, 5.41) is 3.11. The molecule has 3 N–H and O–H groups in total. The van der Waals surface area contributed by atoms with Crippen LogP contribution in [0.1, 0.15) is 45.4 Å². The molecule has 0 heterocycles. The molecule has 0 aliphatic heterocycles. The van der Waals surface area contributed by atoms with E-state index in [1.165, 1.54) is 38.5 Å². The van der Waals surface area contributed by atoms with Crippen LogP contribution >= 0.6 is 0 Å². The van der Waals surface area contributed by atoms with E-state index < -0.39 is 0 Å². The van der Waals surface area contributed by atoms with E-state index in [9.17, 15) is 4.79 Å². The van der Waals surface area contributed by atoms with Gasteiger partial charge in [-0.15, -0.1) is 0 Å². The molecule has 17 heavy (non-hydrogen) atoms. The van der Waals surface area contributed by atoms with Crippen molar-refractivity contribution in [1.82, 2.24) is 5.32 Å². The highest BCUT2D eigenvalue weighted by atomic mass is 16.1. The van der Waals surface area contributed by atoms with Crippen LogP contribution in [0.4, 0.5) is 0 Å². The largest absolute Gasteiger partial charge is 0.356 e. The van der Waals surface area contributed by atoms with Crippen molar-refractivity contribution < 1.29 is 4.79 Å². The summed E-state index contributed by atoms with van der Waals surface area (Å²) in [6.07, 6.45) is 7.70. The van der Waals surface area contributed by atoms with Crippen molar-refractivity contribution in [2.45, 2.75) is 45.4 Å². The van der Waals surface area contributed by atoms with E-state index in [1.54, 1.807) is 0 Å². The highest BCUT2D eigenvalue weighted by Gasteiger charge is 2.40. The topological polar surface area (TPSA) is 55.1 Å². The highest BCUT2D eigenvalue weighted by molar-refractivity contribution is 5.79. The molecule has 0 aromatic heterocycles. The summed E-state index contributed by atoms with van der Waals surface area (Å²) in [5.41, 5.74) is 5.58. The first-order valence-electron chi connectivity index (χ1n) is 7.20. The lowest BCUT2D eigenvalue weighted by Crippen LogP contribution is -2.45. The molecule has 1 amide bonds. The fourth-order valence-corrected chi connectivity index (χ4v) is 2.89. The first-order valence-corrected chi connectivity index (χ1v) is 7.20. The zero-order chi connectivity index (χ0) is 12.3. The summed E-state index contributed by atoms with van der Waals surface area (Å²) in [6, 6.07) is 0. The molecule has 2 fully saturated rings. The average molecular weight is 238 g/mol. The van der Waals surface area contributed by atoms with Crippen LogP contribution in [0.2, 0.25) is 0 Å². The van der Waals surface area contributed by atoms with Crippen molar-refractivity contribution in [3.05, 3.63) is 0 Å². The summed E-state index contributed by atoms with van der Waals surface area (Å²) in [6.45, 7) is 3.48. The predicted octanol–water partition coefficient (Wildman–Crippen LogP) is 1.91. The van der Waals surface area contributed by atoms with Crippen molar-refractivity contribution >= 4 is 5.91 Å². The highest BCUT2D eigenvalue weighted by Crippen LogP contribution is 2.44. The number of rotatable bonds is 6. The van der Waals surface area contributed by atoms with Crippen LogP contribution in [0, 0.1) is 23.7 Å². The third-order valence-electron chi connectivity index (χ3n) is 4.65. The van der Waals surface area contributed by atoms with E-state index in [0.29, 0.717) is 36.1 Å². The van der Waals surface area contributed by atoms with Crippen LogP contribution in [0.25, 0.3) is 0 Å². The van der Waals surface area contributed by atoms with Gasteiger partial charge in [0.1, 0.15) is 0 Å². The number of carbonyl (C=O) groups is 1. The molecule has 0 radical (unpaired) electrons. The molecule has 2 rings (SSSR count). The molecule has 2 aliphatic rings. The minimum absolute atomic E-state index is 0.305. The molecule has 0 aromatic rings. The van der Waals surface area contributed by atoms with Gasteiger partial charge in [-0.05, 0) is 50.0 Å². The zero-order valence-corrected chi connectivity index (χ0v) is 11.0. The Kier molecular flexibility index (Phi) is 4.43. The Morgan fingerprint density at radius 2 is 1.76 bits per heavy atom. The molecule has 1 atom stereocenters. The van der Waals surface area contributed by atoms with Gasteiger partial charge in [-0.1, -0.05) is 19.8 Å². The smallest absolute Gasteiger partial charge is 0.223 e. The fraction of sp³-hybridized carbons (Fsp3) is 0.929. The molecule has 2 aliphatic carbocycles. The molecule has 0 aromatic carbocycles. The summed E-state index contributed by atoms with van der Waals surface area (Å²) >= 11 is 0. The minimum Gasteiger partial charge on any atom is -0.356 e. The number of nitrogens with one attached hydrogen (secondary N) is 1. The number of amides is 1. The third-order valence-corrected chi connectivity index (χ3v) is 4.65. The average Bonchev–Trinajstić information content (AvgIpc) is 2.19. The van der Waals surface area contributed by atoms with Crippen molar-refractivity contribution in [3.8, 4) is 0 Å². The van der Waals surface area contributed by atoms with Gasteiger partial charge in [0.25, 0.3) is 0 Å². The van der Waals surface area contributed by atoms with Gasteiger partial charge >= 0.3 is 0 Å². The van der Waals surface area contributed by atoms with E-state index in [1.807, 2.05) is 0 Å². The van der Waals surface area contributed by atoms with E-state index >= 15 is 0 Å². The van der Waals surface area contributed by atoms with Crippen molar-refractivity contribution in [2.24, 2.45) is 29.4 Å². The molecule has 0 spiro atoms. The van der Waals surface area contributed by atoms with Crippen LogP contribution in [-0.2, 0) is 4.79 Å². The Hall–Kier alpha value is -0.570. The first-order chi connectivity index (χ1) is 8.22. The van der Waals surface area contributed by atoms with Gasteiger partial charge in [0.15, 0.2) is 0 Å². The van der Waals surface area contributed by atoms with Gasteiger partial charge in [-0.2, -0.15) is 0 Å². The van der Waals surface area contributed by atoms with E-state index in [4.69, 9.17) is 5.73 Å². The molecule has 1 unspecified atom stereocenters. The zero-order valence-electron chi connectivity index (χ0n) is 11.0. The minimum atomic E-state index is 0.305. The number of hydrogen-bond donors (Lipinski definition) is 2. The summed E-state index contributed by atoms with van der Waals surface area (Å²) in [4.78, 5) is 12.3. The Labute approximate surface area is 105 Å². The summed E-state index contributed by atoms with van der Waals surface area (Å²) < 4.78 is 0. The Morgan fingerprint density at radius 1 is 1.24 bits per heavy atom. The second kappa shape index (κ2) is 5.85. The Bertz CT molecular complexity index is 245. The summed E-state index contributed by atoms with van der Waals surface area (Å²) in [5.74, 6) is 2.35. The molecule has 2 saturated carbocycles. The maximum Gasteiger partial charge on any atom is 0.223 e. The van der Waals surface area contributed by atoms with E-state index in [0.717, 1.165) is 6.54 Å². The molecular formula is C14H26N2O. The molecule has 98 valence electrons. The fourth-order valence-electron chi connectivity index (χ4n) is 2.89. The quantitative estimate of drug-likeness (QED) is 0.742. The van der Waals surface area contributed by atoms with Crippen LogP contribution in [0.15, 0.2) is 0 Å². The molecule has 3 nitrogen and oxygen atoms in total. The maximum atomic E-state index is 12.3. The SMILES string of the molecule is CC(CN)CNC(=O)C(C1CCC1)C1CCC1. The number of hydrogen-bond acceptors (Lipinski definition) is 2. The van der Waals surface area contributed by atoms with Gasteiger partial charge in [-0.25, -0.2) is 0 Å². The van der Waals surface area contributed by atoms with Crippen molar-refractivity contribution in [2.75, 3.05) is 13.1 Å². The van der Waals surface area contributed by atoms with Crippen LogP contribution in [0.5, 0.6) is 0 Å². The molecule has 0 bridgehead atoms. The van der Waals surface area contributed by atoms with Gasteiger partial charge < -0.3 is 11.1 Å². The lowest BCUT2D eigenvalue weighted by Gasteiger charge is -2.41. The standard InChI is InChI=1S/C14H26N2O/c1-10(8-15)9-16-14(17)13(11-4-2-5-11)12-6-3-7-12/h10-13H,2-9,15H2,1H3,(H,16,17). The van der Waals surface area contributed by atoms with E-state index in [-0.39, 0.29) is 0 Å². The Morgan fingerprint density at radius 3 is 2.12 bits per heavy atom. The molecular weight excluding hydrogens is 212 g/mol. The van der Waals surface area contributed by atoms with Crippen LogP contribution in [-0.4, -0.2) is 19.0 Å². The predicted molar refractivity (Wildman–Crippen MR) is 69.4 cm³/mol. The monoisotopic (exact) mass is 238 g/mol. The normalized spacial score (nSPS) is 23.0. The molecule has 0 saturated heterocycles. The van der Waals surface area contributed by atoms with Crippen LogP contribution < -0.4 is 11.1 Å². The van der Waals surface area contributed by atoms with Crippen molar-refractivity contribution in [3.63, 3.8) is 0 Å². The summed E-state index contributed by atoms with van der Waals surface area (Å²) in [7, 11) is 0. The van der Waals surface area contributed by atoms with Gasteiger partial charge in [0.05, 0.1) is 0 Å². The number of carbonyl (C=O) groups excluding carboxylic acids is 1. The molecule has 3 heteroatoms. The lowest BCUT2D eigenvalue weighted by atomic mass is 9.64. The van der Waals surface area contributed by atoms with Gasteiger partial charge in [-0.3, -0.25) is 4.79 Å². The maximum absolute atomic E-state index is 12.3. The van der Waals surface area contributed by atoms with Gasteiger partial charge in [0, 0.05) is 12.5 Å². The second-order valence-electron chi connectivity index (χ2n) is 5.99. The van der Waals surface area contributed by atoms with Crippen LogP contribution in [0.3, 0.4) is 0 Å². The Balaban J connectivity index is 1.83. The number of nitrogens with two attached hydrogens (primary N) is 1. The van der Waals surface area contributed by atoms with E-state index in [2.05, 4.69) is 12.2 Å². The third kappa shape index (κ3) is 3.01. The second-order valence-corrected chi connectivity index (χ2v) is 5.99. The van der Waals surface area contributed by atoms with Crippen molar-refractivity contribution in [1.29, 1.82) is 0 Å².